The zero-order valence-electron chi connectivity index (χ0n) is 15.9. The number of carbonyl (C=O) groups is 1. The van der Waals surface area contributed by atoms with Gasteiger partial charge in [0.2, 0.25) is 5.91 Å². The summed E-state index contributed by atoms with van der Waals surface area (Å²) < 4.78 is 5.81. The van der Waals surface area contributed by atoms with E-state index < -0.39 is 0 Å². The average molecular weight is 352 g/mol. The number of ether oxygens (including phenoxy) is 1. The first-order chi connectivity index (χ1) is 12.5. The van der Waals surface area contributed by atoms with Gasteiger partial charge in [-0.15, -0.1) is 0 Å². The molecule has 138 valence electrons. The normalized spacial score (nSPS) is 14.8. The highest BCUT2D eigenvalue weighted by atomic mass is 16.5. The third kappa shape index (κ3) is 4.44. The third-order valence-corrected chi connectivity index (χ3v) is 5.16. The highest BCUT2D eigenvalue weighted by Gasteiger charge is 2.26. The largest absolute Gasteiger partial charge is 0.492 e. The smallest absolute Gasteiger partial charge is 0.239 e. The summed E-state index contributed by atoms with van der Waals surface area (Å²) in [6.45, 7) is 6.83. The van der Waals surface area contributed by atoms with E-state index in [1.807, 2.05) is 43.1 Å². The van der Waals surface area contributed by atoms with Crippen LogP contribution < -0.4 is 4.74 Å². The topological polar surface area (TPSA) is 32.8 Å². The van der Waals surface area contributed by atoms with Gasteiger partial charge >= 0.3 is 0 Å². The molecule has 0 radical (unpaired) electrons. The third-order valence-electron chi connectivity index (χ3n) is 5.16. The van der Waals surface area contributed by atoms with Gasteiger partial charge in [-0.05, 0) is 56.1 Å². The van der Waals surface area contributed by atoms with Crippen LogP contribution in [0.25, 0.3) is 0 Å². The monoisotopic (exact) mass is 352 g/mol. The van der Waals surface area contributed by atoms with E-state index in [-0.39, 0.29) is 11.9 Å². The lowest BCUT2D eigenvalue weighted by molar-refractivity contribution is -0.137. The summed E-state index contributed by atoms with van der Waals surface area (Å²) in [5, 5.41) is 0. The summed E-state index contributed by atoms with van der Waals surface area (Å²) >= 11 is 0. The number of hydrogen-bond donors (Lipinski definition) is 0. The lowest BCUT2D eigenvalue weighted by Crippen LogP contribution is -2.48. The maximum absolute atomic E-state index is 12.9. The molecule has 0 fully saturated rings. The lowest BCUT2D eigenvalue weighted by Gasteiger charge is -2.33. The van der Waals surface area contributed by atoms with Crippen LogP contribution in [0, 0.1) is 6.92 Å². The quantitative estimate of drug-likeness (QED) is 0.800. The fraction of sp³-hybridized carbons (Fsp3) is 0.409. The van der Waals surface area contributed by atoms with E-state index in [0.717, 1.165) is 18.7 Å². The fourth-order valence-corrected chi connectivity index (χ4v) is 3.34. The Morgan fingerprint density at radius 2 is 1.96 bits per heavy atom. The molecule has 0 saturated carbocycles. The van der Waals surface area contributed by atoms with Crippen molar-refractivity contribution in [3.05, 3.63) is 65.2 Å². The van der Waals surface area contributed by atoms with Crippen molar-refractivity contribution in [3.63, 3.8) is 0 Å². The summed E-state index contributed by atoms with van der Waals surface area (Å²) in [5.41, 5.74) is 3.82. The van der Waals surface area contributed by atoms with Crippen molar-refractivity contribution in [2.24, 2.45) is 0 Å². The zero-order chi connectivity index (χ0) is 18.5. The van der Waals surface area contributed by atoms with Crippen LogP contribution in [0.1, 0.15) is 23.6 Å². The molecule has 1 aliphatic heterocycles. The van der Waals surface area contributed by atoms with Crippen molar-refractivity contribution in [2.75, 3.05) is 26.7 Å². The van der Waals surface area contributed by atoms with Crippen LogP contribution in [-0.2, 0) is 17.8 Å². The van der Waals surface area contributed by atoms with Crippen molar-refractivity contribution in [1.29, 1.82) is 0 Å². The van der Waals surface area contributed by atoms with E-state index in [4.69, 9.17) is 4.74 Å². The molecule has 0 saturated heterocycles. The minimum Gasteiger partial charge on any atom is -0.492 e. The van der Waals surface area contributed by atoms with E-state index in [1.165, 1.54) is 16.7 Å². The van der Waals surface area contributed by atoms with Crippen LogP contribution in [0.15, 0.2) is 48.5 Å². The number of nitrogens with zero attached hydrogens (tertiary/aromatic N) is 2. The number of likely N-dealkylation sites (N-methyl/N-ethyl adjacent to an activating group) is 1. The Balaban J connectivity index is 1.50. The Labute approximate surface area is 156 Å². The predicted octanol–water partition coefficient (Wildman–Crippen LogP) is 3.28. The molecular formula is C22H28N2O2. The van der Waals surface area contributed by atoms with Gasteiger partial charge in [0.1, 0.15) is 12.4 Å². The van der Waals surface area contributed by atoms with Crippen LogP contribution in [0.3, 0.4) is 0 Å². The first-order valence-corrected chi connectivity index (χ1v) is 9.30. The second kappa shape index (κ2) is 8.37. The molecule has 0 aliphatic carbocycles. The van der Waals surface area contributed by atoms with Crippen LogP contribution >= 0.6 is 0 Å². The molecule has 2 aromatic rings. The molecule has 1 aliphatic rings. The van der Waals surface area contributed by atoms with Gasteiger partial charge in [-0.3, -0.25) is 9.69 Å². The van der Waals surface area contributed by atoms with Gasteiger partial charge in [0, 0.05) is 19.6 Å². The standard InChI is InChI=1S/C22H28N2O2/c1-17-7-6-10-21(15-17)26-14-13-23(3)18(2)22(25)24-12-11-19-8-4-5-9-20(19)16-24/h4-10,15,18H,11-14,16H2,1-3H3. The maximum atomic E-state index is 12.9. The van der Waals surface area contributed by atoms with Gasteiger partial charge in [0.15, 0.2) is 0 Å². The summed E-state index contributed by atoms with van der Waals surface area (Å²) in [5.74, 6) is 1.07. The number of rotatable bonds is 6. The van der Waals surface area contributed by atoms with Crippen molar-refractivity contribution >= 4 is 5.91 Å². The number of aryl methyl sites for hydroxylation is 1. The zero-order valence-corrected chi connectivity index (χ0v) is 15.9. The Morgan fingerprint density at radius 3 is 2.73 bits per heavy atom. The molecule has 1 heterocycles. The van der Waals surface area contributed by atoms with Crippen LogP contribution in [-0.4, -0.2) is 48.5 Å². The molecule has 4 nitrogen and oxygen atoms in total. The second-order valence-electron chi connectivity index (χ2n) is 7.10. The Kier molecular flexibility index (Phi) is 5.94. The van der Waals surface area contributed by atoms with Gasteiger partial charge in [0.05, 0.1) is 6.04 Å². The first kappa shape index (κ1) is 18.5. The maximum Gasteiger partial charge on any atom is 0.239 e. The van der Waals surface area contributed by atoms with E-state index in [0.29, 0.717) is 19.7 Å². The minimum absolute atomic E-state index is 0.152. The molecular weight excluding hydrogens is 324 g/mol. The molecule has 3 rings (SSSR count). The number of hydrogen-bond acceptors (Lipinski definition) is 3. The first-order valence-electron chi connectivity index (χ1n) is 9.30. The molecule has 26 heavy (non-hydrogen) atoms. The van der Waals surface area contributed by atoms with Crippen LogP contribution in [0.4, 0.5) is 0 Å². The molecule has 1 amide bonds. The van der Waals surface area contributed by atoms with Crippen molar-refractivity contribution in [1.82, 2.24) is 9.80 Å². The summed E-state index contributed by atoms with van der Waals surface area (Å²) in [7, 11) is 1.99. The molecule has 0 aromatic heterocycles. The molecule has 4 heteroatoms. The Bertz CT molecular complexity index is 759. The van der Waals surface area contributed by atoms with Crippen LogP contribution in [0.5, 0.6) is 5.75 Å². The SMILES string of the molecule is Cc1cccc(OCCN(C)C(C)C(=O)N2CCc3ccccc3C2)c1. The summed E-state index contributed by atoms with van der Waals surface area (Å²) in [6.07, 6.45) is 0.939. The van der Waals surface area contributed by atoms with E-state index in [2.05, 4.69) is 36.1 Å². The molecule has 0 N–H and O–H groups in total. The van der Waals surface area contributed by atoms with Gasteiger partial charge in [0.25, 0.3) is 0 Å². The average Bonchev–Trinajstić information content (AvgIpc) is 2.66. The van der Waals surface area contributed by atoms with Crippen molar-refractivity contribution < 1.29 is 9.53 Å². The van der Waals surface area contributed by atoms with E-state index >= 15 is 0 Å². The van der Waals surface area contributed by atoms with Crippen molar-refractivity contribution in [3.8, 4) is 5.75 Å². The van der Waals surface area contributed by atoms with E-state index in [1.54, 1.807) is 0 Å². The molecule has 1 unspecified atom stereocenters. The van der Waals surface area contributed by atoms with Gasteiger partial charge in [-0.25, -0.2) is 0 Å². The second-order valence-corrected chi connectivity index (χ2v) is 7.10. The van der Waals surface area contributed by atoms with E-state index in [9.17, 15) is 4.79 Å². The van der Waals surface area contributed by atoms with Gasteiger partial charge < -0.3 is 9.64 Å². The van der Waals surface area contributed by atoms with Gasteiger partial charge in [-0.1, -0.05) is 36.4 Å². The highest BCUT2D eigenvalue weighted by molar-refractivity contribution is 5.81. The molecule has 1 atom stereocenters. The number of fused-ring (bicyclic) bond motifs is 1. The molecule has 0 spiro atoms. The van der Waals surface area contributed by atoms with Crippen molar-refractivity contribution in [2.45, 2.75) is 32.9 Å². The Hall–Kier alpha value is -2.33. The highest BCUT2D eigenvalue weighted by Crippen LogP contribution is 2.19. The minimum atomic E-state index is -0.152. The lowest BCUT2D eigenvalue weighted by atomic mass is 9.99. The predicted molar refractivity (Wildman–Crippen MR) is 104 cm³/mol. The molecule has 2 aromatic carbocycles. The number of benzene rings is 2. The Morgan fingerprint density at radius 1 is 1.19 bits per heavy atom. The number of amides is 1. The summed E-state index contributed by atoms with van der Waals surface area (Å²) in [4.78, 5) is 16.9. The molecule has 0 bridgehead atoms. The number of carbonyl (C=O) groups excluding carboxylic acids is 1. The van der Waals surface area contributed by atoms with Crippen LogP contribution in [0.2, 0.25) is 0 Å². The van der Waals surface area contributed by atoms with Gasteiger partial charge in [-0.2, -0.15) is 0 Å². The fourth-order valence-electron chi connectivity index (χ4n) is 3.34. The summed E-state index contributed by atoms with van der Waals surface area (Å²) in [6, 6.07) is 16.3.